The van der Waals surface area contributed by atoms with Gasteiger partial charge in [0.1, 0.15) is 0 Å². The first-order valence-electron chi connectivity index (χ1n) is 6.37. The number of H-pyrrole nitrogens is 1. The number of hydrogen-bond acceptors (Lipinski definition) is 3. The second-order valence-electron chi connectivity index (χ2n) is 4.86. The van der Waals surface area contributed by atoms with Gasteiger partial charge in [-0.25, -0.2) is 9.97 Å². The molecule has 1 aromatic carbocycles. The summed E-state index contributed by atoms with van der Waals surface area (Å²) in [6, 6.07) is 8.56. The van der Waals surface area contributed by atoms with Crippen molar-refractivity contribution in [1.29, 1.82) is 0 Å². The number of fused-ring (bicyclic) bond motifs is 3. The van der Waals surface area contributed by atoms with Crippen LogP contribution in [0.1, 0.15) is 26.8 Å². The van der Waals surface area contributed by atoms with Crippen LogP contribution >= 0.6 is 11.3 Å². The molecule has 4 heteroatoms. The van der Waals surface area contributed by atoms with Crippen LogP contribution in [0.3, 0.4) is 0 Å². The molecule has 3 aromatic rings. The van der Waals surface area contributed by atoms with Gasteiger partial charge < -0.3 is 4.98 Å². The summed E-state index contributed by atoms with van der Waals surface area (Å²) in [7, 11) is 0. The van der Waals surface area contributed by atoms with Crippen molar-refractivity contribution in [2.75, 3.05) is 0 Å². The third kappa shape index (κ3) is 1.71. The summed E-state index contributed by atoms with van der Waals surface area (Å²) in [4.78, 5) is 13.7. The van der Waals surface area contributed by atoms with E-state index in [2.05, 4.69) is 41.2 Å². The zero-order valence-electron chi connectivity index (χ0n) is 10.6. The highest BCUT2D eigenvalue weighted by molar-refractivity contribution is 7.12. The fourth-order valence-corrected chi connectivity index (χ4v) is 3.70. The molecule has 3 nitrogen and oxygen atoms in total. The standard InChI is InChI=1S/C15H13N3S/c1-9-12(17-8-16-9)7-14-18-15-11-5-3-2-4-10(11)6-13(15)19-14/h2-5,8H,6-7H2,1H3,(H,16,17). The van der Waals surface area contributed by atoms with Crippen molar-refractivity contribution >= 4 is 11.3 Å². The van der Waals surface area contributed by atoms with Crippen LogP contribution < -0.4 is 0 Å². The SMILES string of the molecule is Cc1[nH]cnc1Cc1nc2c(s1)Cc1ccccc1-2. The van der Waals surface area contributed by atoms with Gasteiger partial charge in [0.05, 0.1) is 22.7 Å². The van der Waals surface area contributed by atoms with E-state index < -0.39 is 0 Å². The van der Waals surface area contributed by atoms with E-state index in [0.29, 0.717) is 0 Å². The van der Waals surface area contributed by atoms with Crippen LogP contribution in [0.25, 0.3) is 11.3 Å². The number of hydrogen-bond donors (Lipinski definition) is 1. The number of nitrogens with one attached hydrogen (secondary N) is 1. The van der Waals surface area contributed by atoms with Crippen molar-refractivity contribution < 1.29 is 0 Å². The maximum absolute atomic E-state index is 4.81. The van der Waals surface area contributed by atoms with Crippen LogP contribution in [0.5, 0.6) is 0 Å². The summed E-state index contributed by atoms with van der Waals surface area (Å²) >= 11 is 1.82. The lowest BCUT2D eigenvalue weighted by Gasteiger charge is -1.98. The maximum atomic E-state index is 4.81. The molecular formula is C15H13N3S. The minimum absolute atomic E-state index is 0.829. The molecule has 0 fully saturated rings. The Morgan fingerprint density at radius 2 is 2.21 bits per heavy atom. The monoisotopic (exact) mass is 267 g/mol. The zero-order chi connectivity index (χ0) is 12.8. The van der Waals surface area contributed by atoms with Gasteiger partial charge in [-0.1, -0.05) is 24.3 Å². The van der Waals surface area contributed by atoms with Gasteiger partial charge in [0.25, 0.3) is 0 Å². The summed E-state index contributed by atoms with van der Waals surface area (Å²) in [5, 5.41) is 1.16. The largest absolute Gasteiger partial charge is 0.348 e. The summed E-state index contributed by atoms with van der Waals surface area (Å²) in [5.41, 5.74) is 6.12. The number of nitrogens with zero attached hydrogens (tertiary/aromatic N) is 2. The maximum Gasteiger partial charge on any atom is 0.0995 e. The Morgan fingerprint density at radius 3 is 3.05 bits per heavy atom. The van der Waals surface area contributed by atoms with Gasteiger partial charge in [-0.2, -0.15) is 0 Å². The first-order chi connectivity index (χ1) is 9.31. The van der Waals surface area contributed by atoms with E-state index >= 15 is 0 Å². The molecule has 2 heterocycles. The van der Waals surface area contributed by atoms with Crippen molar-refractivity contribution in [2.24, 2.45) is 0 Å². The summed E-state index contributed by atoms with van der Waals surface area (Å²) in [6.07, 6.45) is 3.61. The lowest BCUT2D eigenvalue weighted by molar-refractivity contribution is 1.06. The number of rotatable bonds is 2. The first-order valence-corrected chi connectivity index (χ1v) is 7.18. The molecule has 0 radical (unpaired) electrons. The van der Waals surface area contributed by atoms with E-state index in [9.17, 15) is 0 Å². The van der Waals surface area contributed by atoms with E-state index in [0.717, 1.165) is 29.2 Å². The quantitative estimate of drug-likeness (QED) is 0.605. The number of benzene rings is 1. The molecule has 19 heavy (non-hydrogen) atoms. The topological polar surface area (TPSA) is 41.6 Å². The van der Waals surface area contributed by atoms with Gasteiger partial charge in [0.15, 0.2) is 0 Å². The Labute approximate surface area is 115 Å². The molecule has 4 rings (SSSR count). The fraction of sp³-hybridized carbons (Fsp3) is 0.200. The number of aromatic amines is 1. The molecule has 0 saturated carbocycles. The molecule has 0 atom stereocenters. The molecule has 0 saturated heterocycles. The Bertz CT molecular complexity index is 754. The van der Waals surface area contributed by atoms with Crippen LogP contribution in [0.2, 0.25) is 0 Å². The highest BCUT2D eigenvalue weighted by atomic mass is 32.1. The van der Waals surface area contributed by atoms with E-state index in [1.807, 2.05) is 11.3 Å². The highest BCUT2D eigenvalue weighted by Crippen LogP contribution is 2.39. The third-order valence-corrected chi connectivity index (χ3v) is 4.67. The summed E-state index contributed by atoms with van der Waals surface area (Å²) in [5.74, 6) is 0. The van der Waals surface area contributed by atoms with Gasteiger partial charge in [-0.3, -0.25) is 0 Å². The van der Waals surface area contributed by atoms with Crippen molar-refractivity contribution in [3.8, 4) is 11.3 Å². The van der Waals surface area contributed by atoms with E-state index in [-0.39, 0.29) is 0 Å². The Balaban J connectivity index is 1.71. The molecule has 1 aliphatic rings. The minimum atomic E-state index is 0.829. The lowest BCUT2D eigenvalue weighted by Crippen LogP contribution is -1.91. The zero-order valence-corrected chi connectivity index (χ0v) is 11.4. The van der Waals surface area contributed by atoms with Crippen LogP contribution in [-0.4, -0.2) is 15.0 Å². The smallest absolute Gasteiger partial charge is 0.0995 e. The number of thiazole rings is 1. The van der Waals surface area contributed by atoms with Crippen LogP contribution in [0.15, 0.2) is 30.6 Å². The van der Waals surface area contributed by atoms with E-state index in [1.54, 1.807) is 6.33 Å². The summed E-state index contributed by atoms with van der Waals surface area (Å²) in [6.45, 7) is 2.05. The molecule has 1 N–H and O–H groups in total. The van der Waals surface area contributed by atoms with Gasteiger partial charge in [0.2, 0.25) is 0 Å². The summed E-state index contributed by atoms with van der Waals surface area (Å²) < 4.78 is 0. The molecule has 0 amide bonds. The Morgan fingerprint density at radius 1 is 1.32 bits per heavy atom. The molecule has 94 valence electrons. The highest BCUT2D eigenvalue weighted by Gasteiger charge is 2.23. The Kier molecular flexibility index (Phi) is 2.32. The van der Waals surface area contributed by atoms with Crippen molar-refractivity contribution in [1.82, 2.24) is 15.0 Å². The molecule has 0 unspecified atom stereocenters. The molecule has 0 spiro atoms. The van der Waals surface area contributed by atoms with E-state index in [1.165, 1.54) is 21.7 Å². The number of aromatic nitrogens is 3. The molecular weight excluding hydrogens is 254 g/mol. The fourth-order valence-electron chi connectivity index (χ4n) is 2.59. The average molecular weight is 267 g/mol. The average Bonchev–Trinajstić information content (AvgIpc) is 3.05. The normalized spacial score (nSPS) is 12.5. The van der Waals surface area contributed by atoms with Gasteiger partial charge in [-0.15, -0.1) is 11.3 Å². The van der Waals surface area contributed by atoms with E-state index in [4.69, 9.17) is 4.98 Å². The number of aryl methyl sites for hydroxylation is 1. The van der Waals surface area contributed by atoms with Crippen LogP contribution in [0, 0.1) is 6.92 Å². The van der Waals surface area contributed by atoms with Gasteiger partial charge >= 0.3 is 0 Å². The van der Waals surface area contributed by atoms with Crippen molar-refractivity contribution in [3.63, 3.8) is 0 Å². The third-order valence-electron chi connectivity index (χ3n) is 3.62. The molecule has 2 aromatic heterocycles. The number of imidazole rings is 1. The molecule has 0 aliphatic heterocycles. The van der Waals surface area contributed by atoms with Gasteiger partial charge in [-0.05, 0) is 12.5 Å². The predicted octanol–water partition coefficient (Wildman–Crippen LogP) is 3.34. The molecule has 0 bridgehead atoms. The Hall–Kier alpha value is -1.94. The second-order valence-corrected chi connectivity index (χ2v) is 6.03. The van der Waals surface area contributed by atoms with Crippen LogP contribution in [-0.2, 0) is 12.8 Å². The minimum Gasteiger partial charge on any atom is -0.348 e. The molecule has 1 aliphatic carbocycles. The van der Waals surface area contributed by atoms with Crippen LogP contribution in [0.4, 0.5) is 0 Å². The van der Waals surface area contributed by atoms with Crippen molar-refractivity contribution in [2.45, 2.75) is 19.8 Å². The first kappa shape index (κ1) is 10.9. The lowest BCUT2D eigenvalue weighted by atomic mass is 10.1. The van der Waals surface area contributed by atoms with Gasteiger partial charge in [0, 0.05) is 29.0 Å². The second kappa shape index (κ2) is 4.03. The predicted molar refractivity (Wildman–Crippen MR) is 76.5 cm³/mol. The van der Waals surface area contributed by atoms with Crippen molar-refractivity contribution in [3.05, 3.63) is 57.4 Å².